The molecule has 1 aromatic carbocycles. The summed E-state index contributed by atoms with van der Waals surface area (Å²) in [6.45, 7) is 7.97. The standard InChI is InChI=1S/C23H31NO7.ClH/c1-15(5-7-19(26)30-13-10-24-8-11-29-12-9-24)4-6-17-21(27)20-18(25)14-31-23(20)16(2)22(17)28-3;/h4,27H,5-14H2,1-3H3;1H/b15-4+;. The quantitative estimate of drug-likeness (QED) is 0.436. The summed E-state index contributed by atoms with van der Waals surface area (Å²) in [5.41, 5.74) is 2.46. The minimum atomic E-state index is -0.236. The van der Waals surface area contributed by atoms with Crippen LogP contribution in [0.3, 0.4) is 0 Å². The van der Waals surface area contributed by atoms with Crippen molar-refractivity contribution in [1.29, 1.82) is 0 Å². The third-order valence-electron chi connectivity index (χ3n) is 5.69. The van der Waals surface area contributed by atoms with Crippen molar-refractivity contribution in [1.82, 2.24) is 4.90 Å². The lowest BCUT2D eigenvalue weighted by Gasteiger charge is -2.26. The summed E-state index contributed by atoms with van der Waals surface area (Å²) in [5, 5.41) is 10.7. The van der Waals surface area contributed by atoms with Crippen molar-refractivity contribution in [3.63, 3.8) is 0 Å². The van der Waals surface area contributed by atoms with Crippen LogP contribution in [0.4, 0.5) is 0 Å². The number of allylic oxidation sites excluding steroid dienone is 2. The normalized spacial score (nSPS) is 16.2. The number of benzene rings is 1. The summed E-state index contributed by atoms with van der Waals surface area (Å²) in [4.78, 5) is 26.3. The number of rotatable bonds is 9. The summed E-state index contributed by atoms with van der Waals surface area (Å²) >= 11 is 0. The molecule has 0 aromatic heterocycles. The fourth-order valence-corrected chi connectivity index (χ4v) is 3.86. The highest BCUT2D eigenvalue weighted by atomic mass is 35.5. The first-order chi connectivity index (χ1) is 14.9. The number of phenols is 1. The second-order valence-electron chi connectivity index (χ2n) is 7.83. The minimum Gasteiger partial charge on any atom is -0.507 e. The predicted molar refractivity (Wildman–Crippen MR) is 121 cm³/mol. The first kappa shape index (κ1) is 26.0. The van der Waals surface area contributed by atoms with Gasteiger partial charge >= 0.3 is 5.97 Å². The molecule has 178 valence electrons. The molecule has 1 saturated heterocycles. The molecular weight excluding hydrogens is 438 g/mol. The van der Waals surface area contributed by atoms with E-state index in [-0.39, 0.29) is 42.1 Å². The van der Waals surface area contributed by atoms with Crippen LogP contribution in [0, 0.1) is 6.92 Å². The van der Waals surface area contributed by atoms with Gasteiger partial charge in [0.1, 0.15) is 29.4 Å². The van der Waals surface area contributed by atoms with Gasteiger partial charge in [-0.05, 0) is 26.7 Å². The molecule has 0 saturated carbocycles. The molecule has 32 heavy (non-hydrogen) atoms. The maximum Gasteiger partial charge on any atom is 0.306 e. The zero-order chi connectivity index (χ0) is 22.4. The molecule has 0 atom stereocenters. The van der Waals surface area contributed by atoms with Crippen LogP contribution in [-0.4, -0.2) is 74.9 Å². The smallest absolute Gasteiger partial charge is 0.306 e. The molecule has 0 radical (unpaired) electrons. The molecule has 0 amide bonds. The van der Waals surface area contributed by atoms with Crippen LogP contribution < -0.4 is 9.47 Å². The number of fused-ring (bicyclic) bond motifs is 1. The van der Waals surface area contributed by atoms with Crippen molar-refractivity contribution in [2.45, 2.75) is 33.1 Å². The van der Waals surface area contributed by atoms with Crippen molar-refractivity contribution in [3.05, 3.63) is 28.3 Å². The minimum absolute atomic E-state index is 0. The fraction of sp³-hybridized carbons (Fsp3) is 0.565. The zero-order valence-electron chi connectivity index (χ0n) is 18.9. The maximum atomic E-state index is 12.1. The van der Waals surface area contributed by atoms with Crippen LogP contribution in [0.2, 0.25) is 0 Å². The van der Waals surface area contributed by atoms with Crippen LogP contribution in [0.15, 0.2) is 11.6 Å². The average molecular weight is 470 g/mol. The number of hydrogen-bond acceptors (Lipinski definition) is 8. The number of esters is 1. The van der Waals surface area contributed by atoms with Crippen molar-refractivity contribution >= 4 is 24.2 Å². The van der Waals surface area contributed by atoms with E-state index in [0.717, 1.165) is 38.4 Å². The van der Waals surface area contributed by atoms with Crippen molar-refractivity contribution in [3.8, 4) is 17.2 Å². The maximum absolute atomic E-state index is 12.1. The van der Waals surface area contributed by atoms with Gasteiger partial charge in [-0.2, -0.15) is 0 Å². The lowest BCUT2D eigenvalue weighted by atomic mass is 9.97. The van der Waals surface area contributed by atoms with E-state index in [4.69, 9.17) is 18.9 Å². The van der Waals surface area contributed by atoms with Gasteiger partial charge in [-0.15, -0.1) is 12.4 Å². The number of nitrogens with zero attached hydrogens (tertiary/aromatic N) is 1. The number of phenolic OH excluding ortho intramolecular Hbond substituents is 1. The van der Waals surface area contributed by atoms with Crippen LogP contribution in [-0.2, 0) is 20.7 Å². The lowest BCUT2D eigenvalue weighted by molar-refractivity contribution is -0.144. The van der Waals surface area contributed by atoms with Crippen molar-refractivity contribution < 1.29 is 33.6 Å². The highest BCUT2D eigenvalue weighted by Gasteiger charge is 2.32. The van der Waals surface area contributed by atoms with Crippen LogP contribution in [0.5, 0.6) is 17.2 Å². The summed E-state index contributed by atoms with van der Waals surface area (Å²) in [6.07, 6.45) is 3.18. The topological polar surface area (TPSA) is 94.5 Å². The molecule has 2 aliphatic rings. The van der Waals surface area contributed by atoms with E-state index in [1.165, 1.54) is 7.11 Å². The number of aromatic hydroxyl groups is 1. The number of morpholine rings is 1. The molecule has 2 aliphatic heterocycles. The molecule has 9 heteroatoms. The number of Topliss-reactive ketones (excluding diaryl/α,β-unsaturated/α-hetero) is 1. The zero-order valence-corrected chi connectivity index (χ0v) is 19.7. The molecule has 0 bridgehead atoms. The van der Waals surface area contributed by atoms with E-state index < -0.39 is 0 Å². The Morgan fingerprint density at radius 3 is 2.66 bits per heavy atom. The highest BCUT2D eigenvalue weighted by molar-refractivity contribution is 6.06. The van der Waals surface area contributed by atoms with E-state index in [2.05, 4.69) is 4.90 Å². The van der Waals surface area contributed by atoms with E-state index in [1.54, 1.807) is 0 Å². The van der Waals surface area contributed by atoms with Gasteiger partial charge in [0.05, 0.1) is 20.3 Å². The Morgan fingerprint density at radius 1 is 1.25 bits per heavy atom. The molecule has 2 heterocycles. The molecule has 8 nitrogen and oxygen atoms in total. The molecular formula is C23H32ClNO7. The summed E-state index contributed by atoms with van der Waals surface area (Å²) < 4.78 is 21.5. The third kappa shape index (κ3) is 6.15. The number of hydrogen-bond donors (Lipinski definition) is 1. The number of halogens is 1. The van der Waals surface area contributed by atoms with Crippen LogP contribution in [0.1, 0.15) is 41.3 Å². The van der Waals surface area contributed by atoms with Gasteiger partial charge in [-0.3, -0.25) is 14.5 Å². The van der Waals surface area contributed by atoms with E-state index in [1.807, 2.05) is 19.9 Å². The van der Waals surface area contributed by atoms with Crippen molar-refractivity contribution in [2.24, 2.45) is 0 Å². The van der Waals surface area contributed by atoms with Gasteiger partial charge in [-0.25, -0.2) is 0 Å². The summed E-state index contributed by atoms with van der Waals surface area (Å²) in [7, 11) is 1.53. The first-order valence-electron chi connectivity index (χ1n) is 10.6. The Morgan fingerprint density at radius 2 is 1.97 bits per heavy atom. The van der Waals surface area contributed by atoms with Crippen LogP contribution in [0.25, 0.3) is 0 Å². The van der Waals surface area contributed by atoms with E-state index in [9.17, 15) is 14.7 Å². The Hall–Kier alpha value is -2.29. The SMILES string of the molecule is COc1c(C)c2c(c(O)c1C/C=C(\C)CCC(=O)OCCN1CCOCC1)C(=O)CO2.Cl. The summed E-state index contributed by atoms with van der Waals surface area (Å²) in [5.74, 6) is 0.352. The van der Waals surface area contributed by atoms with Crippen LogP contribution >= 0.6 is 12.4 Å². The molecule has 1 N–H and O–H groups in total. The fourth-order valence-electron chi connectivity index (χ4n) is 3.86. The van der Waals surface area contributed by atoms with Gasteiger partial charge < -0.3 is 24.1 Å². The number of carbonyl (C=O) groups is 2. The van der Waals surface area contributed by atoms with Gasteiger partial charge in [0.15, 0.2) is 6.61 Å². The van der Waals surface area contributed by atoms with Gasteiger partial charge in [0.2, 0.25) is 5.78 Å². The molecule has 1 aromatic rings. The molecule has 0 unspecified atom stereocenters. The number of ketones is 1. The first-order valence-corrected chi connectivity index (χ1v) is 10.6. The monoisotopic (exact) mass is 469 g/mol. The number of methoxy groups -OCH3 is 1. The van der Waals surface area contributed by atoms with Crippen molar-refractivity contribution in [2.75, 3.05) is 53.2 Å². The molecule has 3 rings (SSSR count). The Bertz CT molecular complexity index is 863. The average Bonchev–Trinajstić information content (AvgIpc) is 3.16. The largest absolute Gasteiger partial charge is 0.507 e. The second-order valence-corrected chi connectivity index (χ2v) is 7.83. The Labute approximate surface area is 194 Å². The molecule has 0 spiro atoms. The van der Waals surface area contributed by atoms with E-state index in [0.29, 0.717) is 48.5 Å². The van der Waals surface area contributed by atoms with Gasteiger partial charge in [-0.1, -0.05) is 11.6 Å². The van der Waals surface area contributed by atoms with Gasteiger partial charge in [0.25, 0.3) is 0 Å². The molecule has 1 fully saturated rings. The second kappa shape index (κ2) is 12.1. The van der Waals surface area contributed by atoms with Gasteiger partial charge in [0, 0.05) is 37.2 Å². The third-order valence-corrected chi connectivity index (χ3v) is 5.69. The Kier molecular flexibility index (Phi) is 9.81. The lowest BCUT2D eigenvalue weighted by Crippen LogP contribution is -2.38. The number of carbonyl (C=O) groups excluding carboxylic acids is 2. The molecule has 0 aliphatic carbocycles. The highest BCUT2D eigenvalue weighted by Crippen LogP contribution is 2.45. The Balaban J connectivity index is 0.00000363. The van der Waals surface area contributed by atoms with E-state index >= 15 is 0 Å². The predicted octanol–water partition coefficient (Wildman–Crippen LogP) is 2.85. The summed E-state index contributed by atoms with van der Waals surface area (Å²) in [6, 6.07) is 0. The number of ether oxygens (including phenoxy) is 4.